The number of ether oxygens (including phenoxy) is 1. The lowest BCUT2D eigenvalue weighted by Crippen LogP contribution is -2.43. The molecule has 1 aromatic carbocycles. The topological polar surface area (TPSA) is 70.7 Å². The van der Waals surface area contributed by atoms with Crippen molar-refractivity contribution in [3.63, 3.8) is 0 Å². The highest BCUT2D eigenvalue weighted by Gasteiger charge is 2.11. The van der Waals surface area contributed by atoms with Crippen LogP contribution in [-0.2, 0) is 14.3 Å². The largest absolute Gasteiger partial charge is 0.379 e. The molecular formula is C16H22ClN3O3. The Bertz CT molecular complexity index is 517. The molecule has 0 aromatic heterocycles. The van der Waals surface area contributed by atoms with Crippen molar-refractivity contribution in [2.45, 2.75) is 6.42 Å². The van der Waals surface area contributed by atoms with E-state index < -0.39 is 0 Å². The molecule has 1 fully saturated rings. The van der Waals surface area contributed by atoms with E-state index in [0.717, 1.165) is 18.7 Å². The summed E-state index contributed by atoms with van der Waals surface area (Å²) in [5.41, 5.74) is 5.71. The maximum atomic E-state index is 11.7. The molecule has 2 rings (SSSR count). The number of benzene rings is 1. The Hall–Kier alpha value is -1.89. The third-order valence-corrected chi connectivity index (χ3v) is 3.31. The number of amides is 2. The lowest BCUT2D eigenvalue weighted by Gasteiger charge is -2.26. The van der Waals surface area contributed by atoms with Crippen LogP contribution in [0.1, 0.15) is 12.0 Å². The lowest BCUT2D eigenvalue weighted by molar-refractivity contribution is -0.127. The van der Waals surface area contributed by atoms with Crippen LogP contribution in [0.25, 0.3) is 6.08 Å². The fourth-order valence-corrected chi connectivity index (χ4v) is 2.06. The van der Waals surface area contributed by atoms with Crippen LogP contribution in [0.4, 0.5) is 0 Å². The molecule has 0 bridgehead atoms. The summed E-state index contributed by atoms with van der Waals surface area (Å²) in [6.45, 7) is 3.79. The number of hydrazine groups is 1. The molecule has 126 valence electrons. The number of hydrogen-bond acceptors (Lipinski definition) is 4. The van der Waals surface area contributed by atoms with Crippen molar-refractivity contribution in [1.82, 2.24) is 15.8 Å². The van der Waals surface area contributed by atoms with Gasteiger partial charge in [-0.2, -0.15) is 0 Å². The van der Waals surface area contributed by atoms with E-state index in [-0.39, 0.29) is 24.2 Å². The fraction of sp³-hybridized carbons (Fsp3) is 0.375. The quantitative estimate of drug-likeness (QED) is 0.620. The smallest absolute Gasteiger partial charge is 0.262 e. The third kappa shape index (κ3) is 7.78. The van der Waals surface area contributed by atoms with Crippen LogP contribution in [0, 0.1) is 0 Å². The van der Waals surface area contributed by atoms with Gasteiger partial charge in [0.25, 0.3) is 5.91 Å². The van der Waals surface area contributed by atoms with Crippen molar-refractivity contribution in [1.29, 1.82) is 0 Å². The summed E-state index contributed by atoms with van der Waals surface area (Å²) in [5, 5.41) is 0. The van der Waals surface area contributed by atoms with Crippen molar-refractivity contribution >= 4 is 30.3 Å². The second-order valence-corrected chi connectivity index (χ2v) is 4.99. The third-order valence-electron chi connectivity index (χ3n) is 3.31. The molecule has 7 heteroatoms. The zero-order chi connectivity index (χ0) is 15.6. The molecule has 0 spiro atoms. The average molecular weight is 340 g/mol. The minimum Gasteiger partial charge on any atom is -0.379 e. The highest BCUT2D eigenvalue weighted by atomic mass is 35.5. The van der Waals surface area contributed by atoms with Crippen LogP contribution in [0.15, 0.2) is 36.4 Å². The number of carbonyl (C=O) groups excluding carboxylic acids is 2. The van der Waals surface area contributed by atoms with Crippen molar-refractivity contribution < 1.29 is 14.3 Å². The van der Waals surface area contributed by atoms with E-state index >= 15 is 0 Å². The van der Waals surface area contributed by atoms with E-state index in [4.69, 9.17) is 4.74 Å². The summed E-state index contributed by atoms with van der Waals surface area (Å²) < 4.78 is 5.24. The van der Waals surface area contributed by atoms with Gasteiger partial charge in [-0.1, -0.05) is 30.3 Å². The van der Waals surface area contributed by atoms with Crippen LogP contribution in [-0.4, -0.2) is 49.6 Å². The molecule has 0 unspecified atom stereocenters. The molecular weight excluding hydrogens is 318 g/mol. The van der Waals surface area contributed by atoms with Gasteiger partial charge in [0.2, 0.25) is 5.91 Å². The predicted octanol–water partition coefficient (Wildman–Crippen LogP) is 0.991. The standard InChI is InChI=1S/C16H21N3O3.ClH/c20-15(7-6-14-4-2-1-3-5-14)17-18-16(21)8-9-19-10-12-22-13-11-19;/h1-7H,8-13H2,(H,17,20)(H,18,21);1H/b7-6+;. The first kappa shape index (κ1) is 19.2. The molecule has 1 aliphatic rings. The maximum absolute atomic E-state index is 11.7. The van der Waals surface area contributed by atoms with Gasteiger partial charge in [-0.05, 0) is 11.6 Å². The number of halogens is 1. The van der Waals surface area contributed by atoms with E-state index in [1.165, 1.54) is 6.08 Å². The minimum atomic E-state index is -0.358. The Morgan fingerprint density at radius 3 is 2.52 bits per heavy atom. The monoisotopic (exact) mass is 339 g/mol. The van der Waals surface area contributed by atoms with Crippen molar-refractivity contribution in [2.24, 2.45) is 0 Å². The zero-order valence-corrected chi connectivity index (χ0v) is 13.7. The summed E-state index contributed by atoms with van der Waals surface area (Å²) in [7, 11) is 0. The normalized spacial score (nSPS) is 15.0. The van der Waals surface area contributed by atoms with Gasteiger partial charge in [0.05, 0.1) is 13.2 Å². The van der Waals surface area contributed by atoms with Crippen molar-refractivity contribution in [2.75, 3.05) is 32.8 Å². The minimum absolute atomic E-state index is 0. The molecule has 0 saturated carbocycles. The fourth-order valence-electron chi connectivity index (χ4n) is 2.06. The Labute approximate surface area is 142 Å². The first-order chi connectivity index (χ1) is 10.7. The summed E-state index contributed by atoms with van der Waals surface area (Å²) in [6.07, 6.45) is 3.43. The average Bonchev–Trinajstić information content (AvgIpc) is 2.58. The Morgan fingerprint density at radius 1 is 1.13 bits per heavy atom. The lowest BCUT2D eigenvalue weighted by atomic mass is 10.2. The number of nitrogens with zero attached hydrogens (tertiary/aromatic N) is 1. The summed E-state index contributed by atoms with van der Waals surface area (Å²) >= 11 is 0. The van der Waals surface area contributed by atoms with Crippen LogP contribution in [0.2, 0.25) is 0 Å². The molecule has 0 atom stereocenters. The number of rotatable bonds is 5. The van der Waals surface area contributed by atoms with E-state index in [0.29, 0.717) is 26.2 Å². The molecule has 6 nitrogen and oxygen atoms in total. The van der Waals surface area contributed by atoms with Crippen LogP contribution in [0.5, 0.6) is 0 Å². The second-order valence-electron chi connectivity index (χ2n) is 4.99. The molecule has 1 saturated heterocycles. The Morgan fingerprint density at radius 2 is 1.83 bits per heavy atom. The zero-order valence-electron chi connectivity index (χ0n) is 12.9. The van der Waals surface area contributed by atoms with E-state index in [2.05, 4.69) is 15.8 Å². The summed E-state index contributed by atoms with van der Waals surface area (Å²) in [6, 6.07) is 9.48. The highest BCUT2D eigenvalue weighted by Crippen LogP contribution is 2.00. The van der Waals surface area contributed by atoms with Gasteiger partial charge < -0.3 is 4.74 Å². The Balaban J connectivity index is 0.00000264. The van der Waals surface area contributed by atoms with Gasteiger partial charge in [-0.15, -0.1) is 12.4 Å². The van der Waals surface area contributed by atoms with E-state index in [1.807, 2.05) is 30.3 Å². The summed E-state index contributed by atoms with van der Waals surface area (Å²) in [4.78, 5) is 25.4. The molecule has 2 amide bonds. The molecule has 1 heterocycles. The second kappa shape index (κ2) is 10.8. The first-order valence-electron chi connectivity index (χ1n) is 7.36. The van der Waals surface area contributed by atoms with E-state index in [9.17, 15) is 9.59 Å². The molecule has 1 aromatic rings. The van der Waals surface area contributed by atoms with Gasteiger partial charge >= 0.3 is 0 Å². The van der Waals surface area contributed by atoms with Crippen LogP contribution < -0.4 is 10.9 Å². The van der Waals surface area contributed by atoms with Gasteiger partial charge in [-0.3, -0.25) is 25.3 Å². The molecule has 0 aliphatic carbocycles. The summed E-state index contributed by atoms with van der Waals surface area (Å²) in [5.74, 6) is -0.559. The van der Waals surface area contributed by atoms with Crippen molar-refractivity contribution in [3.8, 4) is 0 Å². The van der Waals surface area contributed by atoms with Gasteiger partial charge in [0.15, 0.2) is 0 Å². The van der Waals surface area contributed by atoms with Crippen LogP contribution in [0.3, 0.4) is 0 Å². The highest BCUT2D eigenvalue weighted by molar-refractivity contribution is 5.93. The molecule has 0 radical (unpaired) electrons. The van der Waals surface area contributed by atoms with Gasteiger partial charge in [0, 0.05) is 32.1 Å². The maximum Gasteiger partial charge on any atom is 0.262 e. The van der Waals surface area contributed by atoms with Gasteiger partial charge in [-0.25, -0.2) is 0 Å². The number of morpholine rings is 1. The van der Waals surface area contributed by atoms with Gasteiger partial charge in [0.1, 0.15) is 0 Å². The SMILES string of the molecule is Cl.O=C(/C=C/c1ccccc1)NNC(=O)CCN1CCOCC1. The Kier molecular flexibility index (Phi) is 8.97. The van der Waals surface area contributed by atoms with Crippen LogP contribution >= 0.6 is 12.4 Å². The number of hydrogen-bond donors (Lipinski definition) is 2. The first-order valence-corrected chi connectivity index (χ1v) is 7.36. The van der Waals surface area contributed by atoms with Crippen molar-refractivity contribution in [3.05, 3.63) is 42.0 Å². The molecule has 1 aliphatic heterocycles. The van der Waals surface area contributed by atoms with E-state index in [1.54, 1.807) is 6.08 Å². The predicted molar refractivity (Wildman–Crippen MR) is 90.9 cm³/mol. The molecule has 2 N–H and O–H groups in total. The number of carbonyl (C=O) groups is 2. The number of nitrogens with one attached hydrogen (secondary N) is 2. The molecule has 23 heavy (non-hydrogen) atoms.